The van der Waals surface area contributed by atoms with E-state index in [1.165, 1.54) is 0 Å². The van der Waals surface area contributed by atoms with Crippen molar-refractivity contribution in [3.05, 3.63) is 29.8 Å². The van der Waals surface area contributed by atoms with E-state index in [1.54, 1.807) is 14.2 Å². The first-order valence-electron chi connectivity index (χ1n) is 8.53. The molecule has 0 aliphatic carbocycles. The largest absolute Gasteiger partial charge is 0.497 e. The van der Waals surface area contributed by atoms with Crippen molar-refractivity contribution < 1.29 is 14.3 Å². The number of ether oxygens (including phenoxy) is 2. The fourth-order valence-corrected chi connectivity index (χ4v) is 2.96. The lowest BCUT2D eigenvalue weighted by Gasteiger charge is -2.34. The Balaban J connectivity index is 1.95. The number of anilines is 1. The van der Waals surface area contributed by atoms with Gasteiger partial charge in [-0.2, -0.15) is 0 Å². The van der Waals surface area contributed by atoms with E-state index < -0.39 is 0 Å². The average Bonchev–Trinajstić information content (AvgIpc) is 2.62. The molecule has 0 aromatic heterocycles. The van der Waals surface area contributed by atoms with E-state index in [0.29, 0.717) is 0 Å². The van der Waals surface area contributed by atoms with Crippen molar-refractivity contribution in [3.63, 3.8) is 0 Å². The Morgan fingerprint density at radius 3 is 2.29 bits per heavy atom. The molecule has 5 nitrogen and oxygen atoms in total. The fraction of sp³-hybridized carbons (Fsp3) is 0.526. The highest BCUT2D eigenvalue weighted by molar-refractivity contribution is 5.92. The van der Waals surface area contributed by atoms with Crippen molar-refractivity contribution in [2.75, 3.05) is 32.2 Å². The lowest BCUT2D eigenvalue weighted by Crippen LogP contribution is -2.45. The molecule has 1 N–H and O–H groups in total. The molecule has 0 bridgehead atoms. The van der Waals surface area contributed by atoms with Crippen LogP contribution in [0.1, 0.15) is 33.1 Å². The van der Waals surface area contributed by atoms with Gasteiger partial charge in [0.1, 0.15) is 11.5 Å². The number of rotatable bonds is 6. The van der Waals surface area contributed by atoms with Gasteiger partial charge >= 0.3 is 0 Å². The van der Waals surface area contributed by atoms with Crippen LogP contribution < -0.4 is 19.7 Å². The first-order chi connectivity index (χ1) is 11.6. The van der Waals surface area contributed by atoms with Gasteiger partial charge < -0.3 is 19.7 Å². The second-order valence-corrected chi connectivity index (χ2v) is 6.10. The summed E-state index contributed by atoms with van der Waals surface area (Å²) in [4.78, 5) is 14.4. The van der Waals surface area contributed by atoms with Crippen LogP contribution in [0.5, 0.6) is 11.5 Å². The Morgan fingerprint density at radius 1 is 1.21 bits per heavy atom. The molecule has 1 saturated heterocycles. The van der Waals surface area contributed by atoms with E-state index in [9.17, 15) is 4.79 Å². The second kappa shape index (κ2) is 8.62. The third kappa shape index (κ3) is 4.66. The summed E-state index contributed by atoms with van der Waals surface area (Å²) in [5.41, 5.74) is 1.90. The Bertz CT molecular complexity index is 568. The number of methoxy groups -OCH3 is 2. The molecule has 1 aliphatic heterocycles. The van der Waals surface area contributed by atoms with Gasteiger partial charge in [-0.1, -0.05) is 13.0 Å². The third-order valence-electron chi connectivity index (χ3n) is 4.40. The van der Waals surface area contributed by atoms with Crippen LogP contribution in [0.2, 0.25) is 0 Å². The maximum atomic E-state index is 12.1. The van der Waals surface area contributed by atoms with Crippen LogP contribution in [0.3, 0.4) is 0 Å². The van der Waals surface area contributed by atoms with Gasteiger partial charge in [-0.15, -0.1) is 0 Å². The summed E-state index contributed by atoms with van der Waals surface area (Å²) in [6.45, 7) is 5.71. The van der Waals surface area contributed by atoms with E-state index in [2.05, 4.69) is 10.2 Å². The number of carbonyl (C=O) groups excluding carboxylic acids is 1. The summed E-state index contributed by atoms with van der Waals surface area (Å²) in [7, 11) is 3.32. The predicted octanol–water partition coefficient (Wildman–Crippen LogP) is 3.15. The summed E-state index contributed by atoms with van der Waals surface area (Å²) in [6.07, 6.45) is 4.72. The Labute approximate surface area is 144 Å². The molecular weight excluding hydrogens is 304 g/mol. The number of amides is 1. The lowest BCUT2D eigenvalue weighted by atomic mass is 10.0. The van der Waals surface area contributed by atoms with Gasteiger partial charge in [0.2, 0.25) is 5.91 Å². The van der Waals surface area contributed by atoms with Crippen molar-refractivity contribution in [3.8, 4) is 11.5 Å². The Morgan fingerprint density at radius 2 is 1.79 bits per heavy atom. The van der Waals surface area contributed by atoms with Gasteiger partial charge in [0, 0.05) is 48.6 Å². The Kier molecular flexibility index (Phi) is 6.53. The molecule has 0 spiro atoms. The highest BCUT2D eigenvalue weighted by Gasteiger charge is 2.22. The van der Waals surface area contributed by atoms with E-state index in [0.717, 1.165) is 55.1 Å². The quantitative estimate of drug-likeness (QED) is 0.813. The maximum Gasteiger partial charge on any atom is 0.246 e. The zero-order valence-electron chi connectivity index (χ0n) is 15.1. The van der Waals surface area contributed by atoms with Crippen LogP contribution >= 0.6 is 0 Å². The number of allylic oxidation sites excluding steroid dienone is 1. The van der Waals surface area contributed by atoms with Crippen LogP contribution in [0.25, 0.3) is 0 Å². The normalized spacial score (nSPS) is 16.0. The van der Waals surface area contributed by atoms with Gasteiger partial charge in [0.05, 0.1) is 14.2 Å². The number of hydrogen-bond acceptors (Lipinski definition) is 4. The summed E-state index contributed by atoms with van der Waals surface area (Å²) < 4.78 is 10.7. The molecule has 1 heterocycles. The summed E-state index contributed by atoms with van der Waals surface area (Å²) in [5, 5.41) is 3.14. The smallest absolute Gasteiger partial charge is 0.246 e. The van der Waals surface area contributed by atoms with Crippen LogP contribution in [0.4, 0.5) is 5.69 Å². The van der Waals surface area contributed by atoms with Crippen molar-refractivity contribution >= 4 is 11.6 Å². The van der Waals surface area contributed by atoms with Gasteiger partial charge in [-0.3, -0.25) is 4.79 Å². The standard InChI is InChI=1S/C19H28N2O3/c1-5-6-14(2)19(22)20-15-7-9-21(10-8-15)16-11-17(23-3)13-18(12-16)24-4/h6,11-13,15H,5,7-10H2,1-4H3,(H,20,22)/b14-6-. The molecule has 132 valence electrons. The summed E-state index contributed by atoms with van der Waals surface area (Å²) >= 11 is 0. The first-order valence-corrected chi connectivity index (χ1v) is 8.53. The molecule has 1 aromatic carbocycles. The highest BCUT2D eigenvalue weighted by Crippen LogP contribution is 2.30. The van der Waals surface area contributed by atoms with E-state index in [4.69, 9.17) is 9.47 Å². The molecule has 5 heteroatoms. The van der Waals surface area contributed by atoms with Gasteiger partial charge in [0.15, 0.2) is 0 Å². The number of hydrogen-bond donors (Lipinski definition) is 1. The van der Waals surface area contributed by atoms with Gasteiger partial charge in [-0.25, -0.2) is 0 Å². The number of carbonyl (C=O) groups is 1. The second-order valence-electron chi connectivity index (χ2n) is 6.10. The Hall–Kier alpha value is -2.17. The zero-order valence-corrected chi connectivity index (χ0v) is 15.1. The minimum atomic E-state index is 0.0540. The molecule has 1 aliphatic rings. The fourth-order valence-electron chi connectivity index (χ4n) is 2.96. The van der Waals surface area contributed by atoms with Crippen LogP contribution in [0, 0.1) is 0 Å². The topological polar surface area (TPSA) is 50.8 Å². The molecule has 2 rings (SSSR count). The minimum Gasteiger partial charge on any atom is -0.497 e. The van der Waals surface area contributed by atoms with Crippen molar-refractivity contribution in [2.24, 2.45) is 0 Å². The van der Waals surface area contributed by atoms with Crippen LogP contribution in [-0.4, -0.2) is 39.3 Å². The van der Waals surface area contributed by atoms with Crippen LogP contribution in [-0.2, 0) is 4.79 Å². The third-order valence-corrected chi connectivity index (χ3v) is 4.40. The lowest BCUT2D eigenvalue weighted by molar-refractivity contribution is -0.118. The molecule has 1 amide bonds. The number of nitrogens with one attached hydrogen (secondary N) is 1. The van der Waals surface area contributed by atoms with Crippen molar-refractivity contribution in [1.82, 2.24) is 5.32 Å². The van der Waals surface area contributed by atoms with E-state index >= 15 is 0 Å². The van der Waals surface area contributed by atoms with Crippen molar-refractivity contribution in [2.45, 2.75) is 39.2 Å². The number of benzene rings is 1. The van der Waals surface area contributed by atoms with E-state index in [1.807, 2.05) is 38.1 Å². The molecule has 0 unspecified atom stereocenters. The zero-order chi connectivity index (χ0) is 17.5. The maximum absolute atomic E-state index is 12.1. The van der Waals surface area contributed by atoms with Gasteiger partial charge in [-0.05, 0) is 26.2 Å². The molecule has 0 saturated carbocycles. The summed E-state index contributed by atoms with van der Waals surface area (Å²) in [6, 6.07) is 6.16. The van der Waals surface area contributed by atoms with Crippen molar-refractivity contribution in [1.29, 1.82) is 0 Å². The molecule has 0 atom stereocenters. The monoisotopic (exact) mass is 332 g/mol. The number of piperidine rings is 1. The molecular formula is C19H28N2O3. The minimum absolute atomic E-state index is 0.0540. The molecule has 1 aromatic rings. The molecule has 0 radical (unpaired) electrons. The van der Waals surface area contributed by atoms with Gasteiger partial charge in [0.25, 0.3) is 0 Å². The molecule has 24 heavy (non-hydrogen) atoms. The highest BCUT2D eigenvalue weighted by atomic mass is 16.5. The number of nitrogens with zero attached hydrogens (tertiary/aromatic N) is 1. The molecule has 1 fully saturated rings. The first kappa shape index (κ1) is 18.2. The predicted molar refractivity (Wildman–Crippen MR) is 97.0 cm³/mol. The van der Waals surface area contributed by atoms with E-state index in [-0.39, 0.29) is 11.9 Å². The average molecular weight is 332 g/mol. The summed E-state index contributed by atoms with van der Waals surface area (Å²) in [5.74, 6) is 1.64. The SMILES string of the molecule is CC/C=C(/C)C(=O)NC1CCN(c2cc(OC)cc(OC)c2)CC1. The van der Waals surface area contributed by atoms with Crippen LogP contribution in [0.15, 0.2) is 29.8 Å².